The molecule has 1 fully saturated rings. The van der Waals surface area contributed by atoms with Crippen molar-refractivity contribution in [2.75, 3.05) is 13.1 Å². The van der Waals surface area contributed by atoms with Crippen LogP contribution in [0.3, 0.4) is 0 Å². The first-order valence-electron chi connectivity index (χ1n) is 5.75. The standard InChI is InChI=1S/C12H14N2O4/c15-9-4-1-5-13-10(9)11(16)14-6-2-3-8(7-14)12(17)18/h1,4-5,8,15H,2-3,6-7H2,(H,17,18). The van der Waals surface area contributed by atoms with E-state index >= 15 is 0 Å². The highest BCUT2D eigenvalue weighted by atomic mass is 16.4. The number of pyridine rings is 1. The van der Waals surface area contributed by atoms with Gasteiger partial charge in [-0.1, -0.05) is 0 Å². The minimum Gasteiger partial charge on any atom is -0.505 e. The number of carbonyl (C=O) groups is 2. The van der Waals surface area contributed by atoms with Crippen LogP contribution >= 0.6 is 0 Å². The lowest BCUT2D eigenvalue weighted by molar-refractivity contribution is -0.143. The van der Waals surface area contributed by atoms with E-state index in [-0.39, 0.29) is 18.0 Å². The lowest BCUT2D eigenvalue weighted by Gasteiger charge is -2.30. The third-order valence-corrected chi connectivity index (χ3v) is 3.05. The van der Waals surface area contributed by atoms with Gasteiger partial charge in [-0.15, -0.1) is 0 Å². The molecule has 2 heterocycles. The number of aliphatic carboxylic acids is 1. The van der Waals surface area contributed by atoms with Gasteiger partial charge in [-0.05, 0) is 25.0 Å². The molecule has 1 amide bonds. The molecule has 0 bridgehead atoms. The maximum absolute atomic E-state index is 12.1. The summed E-state index contributed by atoms with van der Waals surface area (Å²) in [5.41, 5.74) is -0.0245. The van der Waals surface area contributed by atoms with E-state index in [0.29, 0.717) is 19.4 Å². The topological polar surface area (TPSA) is 90.7 Å². The Kier molecular flexibility index (Phi) is 3.45. The molecule has 2 N–H and O–H groups in total. The van der Waals surface area contributed by atoms with Gasteiger partial charge in [0.2, 0.25) is 0 Å². The Morgan fingerprint density at radius 3 is 2.89 bits per heavy atom. The predicted octanol–water partition coefficient (Wildman–Crippen LogP) is 0.724. The van der Waals surface area contributed by atoms with Crippen LogP contribution in [0, 0.1) is 5.92 Å². The summed E-state index contributed by atoms with van der Waals surface area (Å²) in [4.78, 5) is 28.3. The molecular formula is C12H14N2O4. The lowest BCUT2D eigenvalue weighted by atomic mass is 9.98. The summed E-state index contributed by atoms with van der Waals surface area (Å²) in [7, 11) is 0. The number of aromatic nitrogens is 1. The van der Waals surface area contributed by atoms with Crippen LogP contribution in [-0.2, 0) is 4.79 Å². The molecule has 0 radical (unpaired) electrons. The molecular weight excluding hydrogens is 236 g/mol. The van der Waals surface area contributed by atoms with Crippen molar-refractivity contribution < 1.29 is 19.8 Å². The predicted molar refractivity (Wildman–Crippen MR) is 62.2 cm³/mol. The fourth-order valence-electron chi connectivity index (χ4n) is 2.07. The number of rotatable bonds is 2. The zero-order valence-electron chi connectivity index (χ0n) is 9.74. The Bertz CT molecular complexity index is 475. The molecule has 1 aliphatic rings. The van der Waals surface area contributed by atoms with E-state index in [9.17, 15) is 14.7 Å². The molecule has 0 aromatic carbocycles. The molecule has 96 valence electrons. The monoisotopic (exact) mass is 250 g/mol. The van der Waals surface area contributed by atoms with Gasteiger partial charge in [0.1, 0.15) is 5.75 Å². The summed E-state index contributed by atoms with van der Waals surface area (Å²) in [6.45, 7) is 0.669. The molecule has 0 aliphatic carbocycles. The number of hydrogen-bond donors (Lipinski definition) is 2. The largest absolute Gasteiger partial charge is 0.505 e. The van der Waals surface area contributed by atoms with Crippen molar-refractivity contribution in [2.24, 2.45) is 5.92 Å². The quantitative estimate of drug-likeness (QED) is 0.807. The normalized spacial score (nSPS) is 19.6. The van der Waals surface area contributed by atoms with Crippen molar-refractivity contribution in [3.8, 4) is 5.75 Å². The molecule has 1 atom stereocenters. The van der Waals surface area contributed by atoms with Crippen molar-refractivity contribution >= 4 is 11.9 Å². The van der Waals surface area contributed by atoms with Gasteiger partial charge in [0.05, 0.1) is 5.92 Å². The smallest absolute Gasteiger partial charge is 0.308 e. The van der Waals surface area contributed by atoms with Crippen molar-refractivity contribution in [3.05, 3.63) is 24.0 Å². The van der Waals surface area contributed by atoms with Crippen LogP contribution in [-0.4, -0.2) is 45.1 Å². The first kappa shape index (κ1) is 12.3. The summed E-state index contributed by atoms with van der Waals surface area (Å²) in [6, 6.07) is 2.92. The van der Waals surface area contributed by atoms with Gasteiger partial charge in [0.25, 0.3) is 5.91 Å². The second-order valence-corrected chi connectivity index (χ2v) is 4.30. The third-order valence-electron chi connectivity index (χ3n) is 3.05. The first-order chi connectivity index (χ1) is 8.59. The van der Waals surface area contributed by atoms with E-state index in [1.807, 2.05) is 0 Å². The zero-order chi connectivity index (χ0) is 13.1. The molecule has 1 aromatic heterocycles. The average Bonchev–Trinajstić information content (AvgIpc) is 2.38. The summed E-state index contributed by atoms with van der Waals surface area (Å²) < 4.78 is 0. The summed E-state index contributed by atoms with van der Waals surface area (Å²) in [5, 5.41) is 18.5. The molecule has 1 aromatic rings. The van der Waals surface area contributed by atoms with E-state index < -0.39 is 17.8 Å². The van der Waals surface area contributed by atoms with E-state index in [0.717, 1.165) is 0 Å². The molecule has 0 spiro atoms. The number of carboxylic acids is 1. The Labute approximate surface area is 104 Å². The number of likely N-dealkylation sites (tertiary alicyclic amines) is 1. The van der Waals surface area contributed by atoms with Crippen LogP contribution in [0.25, 0.3) is 0 Å². The van der Waals surface area contributed by atoms with Crippen molar-refractivity contribution in [3.63, 3.8) is 0 Å². The van der Waals surface area contributed by atoms with Crippen LogP contribution in [0.2, 0.25) is 0 Å². The van der Waals surface area contributed by atoms with Gasteiger partial charge in [-0.3, -0.25) is 9.59 Å². The number of amides is 1. The van der Waals surface area contributed by atoms with Crippen LogP contribution in [0.4, 0.5) is 0 Å². The van der Waals surface area contributed by atoms with Gasteiger partial charge < -0.3 is 15.1 Å². The third kappa shape index (κ3) is 2.42. The molecule has 1 unspecified atom stereocenters. The van der Waals surface area contributed by atoms with Crippen molar-refractivity contribution in [1.82, 2.24) is 9.88 Å². The SMILES string of the molecule is O=C(O)C1CCCN(C(=O)c2ncccc2O)C1. The number of aromatic hydroxyl groups is 1. The Hall–Kier alpha value is -2.11. The Balaban J connectivity index is 2.14. The number of piperidine rings is 1. The van der Waals surface area contributed by atoms with E-state index in [4.69, 9.17) is 5.11 Å². The molecule has 6 heteroatoms. The number of nitrogens with zero attached hydrogens (tertiary/aromatic N) is 2. The second-order valence-electron chi connectivity index (χ2n) is 4.30. The fraction of sp³-hybridized carbons (Fsp3) is 0.417. The fourth-order valence-corrected chi connectivity index (χ4v) is 2.07. The van der Waals surface area contributed by atoms with Crippen LogP contribution < -0.4 is 0 Å². The van der Waals surface area contributed by atoms with E-state index in [1.165, 1.54) is 23.2 Å². The highest BCUT2D eigenvalue weighted by Gasteiger charge is 2.30. The van der Waals surface area contributed by atoms with Crippen LogP contribution in [0.1, 0.15) is 23.3 Å². The Morgan fingerprint density at radius 2 is 2.22 bits per heavy atom. The second kappa shape index (κ2) is 5.03. The number of hydrogen-bond acceptors (Lipinski definition) is 4. The molecule has 18 heavy (non-hydrogen) atoms. The minimum atomic E-state index is -0.891. The summed E-state index contributed by atoms with van der Waals surface area (Å²) >= 11 is 0. The van der Waals surface area contributed by atoms with Gasteiger partial charge in [0.15, 0.2) is 5.69 Å². The maximum Gasteiger partial charge on any atom is 0.308 e. The average molecular weight is 250 g/mol. The van der Waals surface area contributed by atoms with Crippen LogP contribution in [0.5, 0.6) is 5.75 Å². The molecule has 2 rings (SSSR count). The minimum absolute atomic E-state index is 0.0245. The van der Waals surface area contributed by atoms with Gasteiger partial charge in [-0.2, -0.15) is 0 Å². The maximum atomic E-state index is 12.1. The number of carboxylic acid groups (broad SMARTS) is 1. The van der Waals surface area contributed by atoms with E-state index in [1.54, 1.807) is 0 Å². The zero-order valence-corrected chi connectivity index (χ0v) is 9.74. The highest BCUT2D eigenvalue weighted by Crippen LogP contribution is 2.21. The van der Waals surface area contributed by atoms with E-state index in [2.05, 4.69) is 4.98 Å². The van der Waals surface area contributed by atoms with Gasteiger partial charge in [0, 0.05) is 19.3 Å². The summed E-state index contributed by atoms with van der Waals surface area (Å²) in [6.07, 6.45) is 2.65. The number of carbonyl (C=O) groups excluding carboxylic acids is 1. The Morgan fingerprint density at radius 1 is 1.44 bits per heavy atom. The summed E-state index contributed by atoms with van der Waals surface area (Å²) in [5.74, 6) is -2.02. The molecule has 1 aliphatic heterocycles. The van der Waals surface area contributed by atoms with Crippen LogP contribution in [0.15, 0.2) is 18.3 Å². The lowest BCUT2D eigenvalue weighted by Crippen LogP contribution is -2.42. The molecule has 6 nitrogen and oxygen atoms in total. The van der Waals surface area contributed by atoms with Gasteiger partial charge >= 0.3 is 5.97 Å². The first-order valence-corrected chi connectivity index (χ1v) is 5.75. The molecule has 0 saturated carbocycles. The van der Waals surface area contributed by atoms with Gasteiger partial charge in [-0.25, -0.2) is 4.98 Å². The van der Waals surface area contributed by atoms with Crippen molar-refractivity contribution in [1.29, 1.82) is 0 Å². The molecule has 1 saturated heterocycles. The van der Waals surface area contributed by atoms with Crippen molar-refractivity contribution in [2.45, 2.75) is 12.8 Å². The highest BCUT2D eigenvalue weighted by molar-refractivity contribution is 5.95.